The molecule has 1 heterocycles. The topological polar surface area (TPSA) is 17.8 Å². The molecule has 0 aliphatic heterocycles. The number of aromatic nitrogens is 2. The van der Waals surface area contributed by atoms with E-state index in [4.69, 9.17) is 4.98 Å². The van der Waals surface area contributed by atoms with Gasteiger partial charge in [0.05, 0.1) is 5.69 Å². The Balaban J connectivity index is 1.72. The summed E-state index contributed by atoms with van der Waals surface area (Å²) < 4.78 is 2.17. The number of rotatable bonds is 7. The molecule has 130 valence electrons. The molecule has 2 nitrogen and oxygen atoms in total. The van der Waals surface area contributed by atoms with Crippen molar-refractivity contribution in [2.24, 2.45) is 7.05 Å². The molecule has 25 heavy (non-hydrogen) atoms. The van der Waals surface area contributed by atoms with Crippen LogP contribution in [0.4, 0.5) is 0 Å². The van der Waals surface area contributed by atoms with E-state index in [2.05, 4.69) is 80.2 Å². The monoisotopic (exact) mass is 332 g/mol. The van der Waals surface area contributed by atoms with Gasteiger partial charge in [-0.1, -0.05) is 55.3 Å². The molecule has 3 rings (SSSR count). The lowest BCUT2D eigenvalue weighted by Gasteiger charge is -2.07. The fraction of sp³-hybridized carbons (Fsp3) is 0.348. The highest BCUT2D eigenvalue weighted by molar-refractivity contribution is 5.58. The van der Waals surface area contributed by atoms with Crippen LogP contribution in [0.15, 0.2) is 54.7 Å². The Kier molecular flexibility index (Phi) is 5.70. The van der Waals surface area contributed by atoms with Gasteiger partial charge in [0, 0.05) is 18.8 Å². The maximum atomic E-state index is 4.92. The number of hydrogen-bond acceptors (Lipinski definition) is 1. The molecule has 0 saturated carbocycles. The van der Waals surface area contributed by atoms with Gasteiger partial charge in [-0.3, -0.25) is 0 Å². The molecule has 0 unspecified atom stereocenters. The second-order valence-corrected chi connectivity index (χ2v) is 6.96. The minimum atomic E-state index is 1.02. The Morgan fingerprint density at radius 2 is 1.72 bits per heavy atom. The number of imidazole rings is 1. The predicted molar refractivity (Wildman–Crippen MR) is 106 cm³/mol. The molecule has 0 aliphatic rings. The summed E-state index contributed by atoms with van der Waals surface area (Å²) in [5, 5.41) is 0. The summed E-state index contributed by atoms with van der Waals surface area (Å²) in [5.74, 6) is 1.08. The molecule has 0 fully saturated rings. The Hall–Kier alpha value is -2.35. The predicted octanol–water partition coefficient (Wildman–Crippen LogP) is 5.52. The van der Waals surface area contributed by atoms with Gasteiger partial charge in [-0.25, -0.2) is 4.98 Å². The first-order chi connectivity index (χ1) is 12.2. The standard InChI is InChI=1S/C23H28N2/c1-4-9-20-14-18(2)15-21(16-20)23-24-22(17-25(23)3)13-8-12-19-10-6-5-7-11-19/h5-7,10-11,14-17H,4,8-9,12-13H2,1-3H3. The highest BCUT2D eigenvalue weighted by Gasteiger charge is 2.09. The summed E-state index contributed by atoms with van der Waals surface area (Å²) in [6.07, 6.45) is 7.75. The first-order valence-corrected chi connectivity index (χ1v) is 9.33. The minimum absolute atomic E-state index is 1.02. The molecule has 0 N–H and O–H groups in total. The van der Waals surface area contributed by atoms with Crippen molar-refractivity contribution in [2.45, 2.75) is 46.0 Å². The van der Waals surface area contributed by atoms with E-state index in [9.17, 15) is 0 Å². The first kappa shape index (κ1) is 17.5. The van der Waals surface area contributed by atoms with Crippen molar-refractivity contribution in [1.29, 1.82) is 0 Å². The molecule has 0 aliphatic carbocycles. The van der Waals surface area contributed by atoms with E-state index in [1.807, 2.05) is 0 Å². The van der Waals surface area contributed by atoms with Crippen molar-refractivity contribution in [1.82, 2.24) is 9.55 Å². The average molecular weight is 332 g/mol. The summed E-state index contributed by atoms with van der Waals surface area (Å²) in [6.45, 7) is 4.40. The third kappa shape index (κ3) is 4.60. The Labute approximate surface area is 151 Å². The van der Waals surface area contributed by atoms with E-state index in [0.29, 0.717) is 0 Å². The van der Waals surface area contributed by atoms with Gasteiger partial charge in [0.25, 0.3) is 0 Å². The maximum Gasteiger partial charge on any atom is 0.139 e. The van der Waals surface area contributed by atoms with Crippen LogP contribution in [-0.4, -0.2) is 9.55 Å². The van der Waals surface area contributed by atoms with Gasteiger partial charge in [0.1, 0.15) is 5.82 Å². The van der Waals surface area contributed by atoms with Gasteiger partial charge < -0.3 is 4.57 Å². The molecule has 3 aromatic rings. The fourth-order valence-corrected chi connectivity index (χ4v) is 3.46. The lowest BCUT2D eigenvalue weighted by atomic mass is 10.0. The van der Waals surface area contributed by atoms with Crippen molar-refractivity contribution < 1.29 is 0 Å². The van der Waals surface area contributed by atoms with Gasteiger partial charge in [-0.2, -0.15) is 0 Å². The van der Waals surface area contributed by atoms with Crippen molar-refractivity contribution in [3.05, 3.63) is 77.1 Å². The van der Waals surface area contributed by atoms with Crippen molar-refractivity contribution >= 4 is 0 Å². The molecule has 2 aromatic carbocycles. The van der Waals surface area contributed by atoms with Crippen molar-refractivity contribution in [3.63, 3.8) is 0 Å². The van der Waals surface area contributed by atoms with Gasteiger partial charge in [-0.05, 0) is 55.9 Å². The second-order valence-electron chi connectivity index (χ2n) is 6.96. The van der Waals surface area contributed by atoms with E-state index in [1.165, 1.54) is 34.4 Å². The van der Waals surface area contributed by atoms with Gasteiger partial charge in [0.15, 0.2) is 0 Å². The van der Waals surface area contributed by atoms with E-state index >= 15 is 0 Å². The minimum Gasteiger partial charge on any atom is -0.334 e. The quantitative estimate of drug-likeness (QED) is 0.557. The van der Waals surface area contributed by atoms with Crippen LogP contribution in [0.1, 0.15) is 42.1 Å². The number of hydrogen-bond donors (Lipinski definition) is 0. The van der Waals surface area contributed by atoms with E-state index in [0.717, 1.165) is 31.5 Å². The third-order valence-electron chi connectivity index (χ3n) is 4.60. The van der Waals surface area contributed by atoms with Crippen LogP contribution in [0.3, 0.4) is 0 Å². The molecule has 0 spiro atoms. The van der Waals surface area contributed by atoms with Gasteiger partial charge in [-0.15, -0.1) is 0 Å². The van der Waals surface area contributed by atoms with Crippen molar-refractivity contribution in [3.8, 4) is 11.4 Å². The van der Waals surface area contributed by atoms with Crippen LogP contribution >= 0.6 is 0 Å². The van der Waals surface area contributed by atoms with Crippen LogP contribution in [-0.2, 0) is 26.3 Å². The molecule has 1 aromatic heterocycles. The maximum absolute atomic E-state index is 4.92. The molecule has 0 radical (unpaired) electrons. The zero-order valence-electron chi connectivity index (χ0n) is 15.6. The molecule has 0 bridgehead atoms. The van der Waals surface area contributed by atoms with Gasteiger partial charge >= 0.3 is 0 Å². The normalized spacial score (nSPS) is 11.0. The summed E-state index contributed by atoms with van der Waals surface area (Å²) >= 11 is 0. The SMILES string of the molecule is CCCc1cc(C)cc(-c2nc(CCCc3ccccc3)cn2C)c1. The van der Waals surface area contributed by atoms with Crippen LogP contribution in [0.25, 0.3) is 11.4 Å². The number of aryl methyl sites for hydroxylation is 5. The Morgan fingerprint density at radius 1 is 0.920 bits per heavy atom. The first-order valence-electron chi connectivity index (χ1n) is 9.33. The largest absolute Gasteiger partial charge is 0.334 e. The van der Waals surface area contributed by atoms with Crippen LogP contribution in [0, 0.1) is 6.92 Å². The lowest BCUT2D eigenvalue weighted by molar-refractivity contribution is 0.802. The molecular weight excluding hydrogens is 304 g/mol. The average Bonchev–Trinajstić information content (AvgIpc) is 2.96. The Morgan fingerprint density at radius 3 is 2.48 bits per heavy atom. The third-order valence-corrected chi connectivity index (χ3v) is 4.60. The molecule has 2 heteroatoms. The van der Waals surface area contributed by atoms with E-state index in [1.54, 1.807) is 0 Å². The molecule has 0 saturated heterocycles. The fourth-order valence-electron chi connectivity index (χ4n) is 3.46. The second kappa shape index (κ2) is 8.15. The van der Waals surface area contributed by atoms with Crippen molar-refractivity contribution in [2.75, 3.05) is 0 Å². The molecule has 0 atom stereocenters. The van der Waals surface area contributed by atoms with Crippen LogP contribution in [0.5, 0.6) is 0 Å². The van der Waals surface area contributed by atoms with E-state index < -0.39 is 0 Å². The lowest BCUT2D eigenvalue weighted by Crippen LogP contribution is -1.94. The zero-order valence-corrected chi connectivity index (χ0v) is 15.6. The molecule has 0 amide bonds. The Bertz CT molecular complexity index is 815. The zero-order chi connectivity index (χ0) is 17.6. The van der Waals surface area contributed by atoms with E-state index in [-0.39, 0.29) is 0 Å². The number of nitrogens with zero attached hydrogens (tertiary/aromatic N) is 2. The number of benzene rings is 2. The smallest absolute Gasteiger partial charge is 0.139 e. The highest BCUT2D eigenvalue weighted by atomic mass is 15.0. The highest BCUT2D eigenvalue weighted by Crippen LogP contribution is 2.23. The summed E-state index contributed by atoms with van der Waals surface area (Å²) in [4.78, 5) is 4.92. The summed E-state index contributed by atoms with van der Waals surface area (Å²) in [7, 11) is 2.10. The van der Waals surface area contributed by atoms with Crippen LogP contribution in [0.2, 0.25) is 0 Å². The summed E-state index contributed by atoms with van der Waals surface area (Å²) in [6, 6.07) is 17.5. The van der Waals surface area contributed by atoms with Gasteiger partial charge in [0.2, 0.25) is 0 Å². The molecular formula is C23H28N2. The van der Waals surface area contributed by atoms with Crippen LogP contribution < -0.4 is 0 Å². The summed E-state index contributed by atoms with van der Waals surface area (Å²) in [5.41, 5.74) is 6.55.